The highest BCUT2D eigenvalue weighted by Crippen LogP contribution is 2.42. The third-order valence-corrected chi connectivity index (χ3v) is 2.38. The van der Waals surface area contributed by atoms with Gasteiger partial charge in [-0.15, -0.1) is 0 Å². The molecule has 1 rings (SSSR count). The van der Waals surface area contributed by atoms with E-state index in [9.17, 15) is 17.6 Å². The molecule has 0 fully saturated rings. The Labute approximate surface area is 91.5 Å². The highest BCUT2D eigenvalue weighted by atomic mass is 19.4. The lowest BCUT2D eigenvalue weighted by atomic mass is 9.94. The zero-order chi connectivity index (χ0) is 12.4. The van der Waals surface area contributed by atoms with Crippen LogP contribution >= 0.6 is 0 Å². The van der Waals surface area contributed by atoms with Crippen LogP contribution in [0.2, 0.25) is 0 Å². The van der Waals surface area contributed by atoms with Crippen LogP contribution in [-0.2, 0) is 5.67 Å². The second-order valence-electron chi connectivity index (χ2n) is 3.70. The van der Waals surface area contributed by atoms with Gasteiger partial charge in [0, 0.05) is 6.54 Å². The maximum absolute atomic E-state index is 14.0. The van der Waals surface area contributed by atoms with Gasteiger partial charge in [0.1, 0.15) is 0 Å². The van der Waals surface area contributed by atoms with Crippen LogP contribution in [0.3, 0.4) is 0 Å². The summed E-state index contributed by atoms with van der Waals surface area (Å²) in [6.45, 7) is 0.939. The second kappa shape index (κ2) is 4.41. The number of hydrogen-bond acceptors (Lipinski definition) is 1. The summed E-state index contributed by atoms with van der Waals surface area (Å²) >= 11 is 0. The van der Waals surface area contributed by atoms with Crippen LogP contribution in [-0.4, -0.2) is 19.8 Å². The van der Waals surface area contributed by atoms with E-state index in [1.165, 1.54) is 31.3 Å². The molecule has 1 unspecified atom stereocenters. The first-order valence-electron chi connectivity index (χ1n) is 4.78. The maximum Gasteiger partial charge on any atom is 0.428 e. The summed E-state index contributed by atoms with van der Waals surface area (Å²) in [5.74, 6) is 0. The highest BCUT2D eigenvalue weighted by molar-refractivity contribution is 5.28. The molecule has 1 nitrogen and oxygen atoms in total. The molecule has 1 atom stereocenters. The number of likely N-dealkylation sites (N-methyl/N-ethyl adjacent to an activating group) is 1. The van der Waals surface area contributed by atoms with E-state index in [2.05, 4.69) is 5.32 Å². The van der Waals surface area contributed by atoms with Gasteiger partial charge in [-0.3, -0.25) is 0 Å². The first-order chi connectivity index (χ1) is 7.31. The normalized spacial score (nSPS) is 15.9. The van der Waals surface area contributed by atoms with Crippen LogP contribution in [0.15, 0.2) is 24.3 Å². The molecule has 0 amide bonds. The Hall–Kier alpha value is -1.10. The molecule has 0 aliphatic heterocycles. The van der Waals surface area contributed by atoms with E-state index in [0.29, 0.717) is 0 Å². The Morgan fingerprint density at radius 3 is 1.94 bits per heavy atom. The maximum atomic E-state index is 14.0. The predicted octanol–water partition coefficient (Wildman–Crippen LogP) is 2.94. The van der Waals surface area contributed by atoms with Gasteiger partial charge in [-0.1, -0.05) is 29.8 Å². The van der Waals surface area contributed by atoms with E-state index in [4.69, 9.17) is 0 Å². The minimum Gasteiger partial charge on any atom is -0.316 e. The fraction of sp³-hybridized carbons (Fsp3) is 0.455. The van der Waals surface area contributed by atoms with E-state index in [-0.39, 0.29) is 5.56 Å². The largest absolute Gasteiger partial charge is 0.428 e. The van der Waals surface area contributed by atoms with Gasteiger partial charge in [0.15, 0.2) is 0 Å². The van der Waals surface area contributed by atoms with E-state index in [1.807, 2.05) is 0 Å². The standard InChI is InChI=1S/C11H13F4N/c1-8-3-5-9(6-4-8)10(12,7-16-2)11(13,14)15/h3-6,16H,7H2,1-2H3. The van der Waals surface area contributed by atoms with Crippen molar-refractivity contribution in [2.24, 2.45) is 0 Å². The van der Waals surface area contributed by atoms with Crippen LogP contribution in [0, 0.1) is 6.92 Å². The molecule has 1 aromatic carbocycles. The van der Waals surface area contributed by atoms with E-state index >= 15 is 0 Å². The summed E-state index contributed by atoms with van der Waals surface area (Å²) in [5.41, 5.74) is -2.92. The molecular weight excluding hydrogens is 222 g/mol. The first-order valence-corrected chi connectivity index (χ1v) is 4.78. The minimum atomic E-state index is -4.93. The van der Waals surface area contributed by atoms with Crippen LogP contribution in [0.5, 0.6) is 0 Å². The smallest absolute Gasteiger partial charge is 0.316 e. The average Bonchev–Trinajstić information content (AvgIpc) is 2.17. The Morgan fingerprint density at radius 1 is 1.06 bits per heavy atom. The summed E-state index contributed by atoms with van der Waals surface area (Å²) in [7, 11) is 1.29. The minimum absolute atomic E-state index is 0.375. The third-order valence-electron chi connectivity index (χ3n) is 2.38. The van der Waals surface area contributed by atoms with Crippen molar-refractivity contribution in [3.63, 3.8) is 0 Å². The SMILES string of the molecule is CNCC(F)(c1ccc(C)cc1)C(F)(F)F. The van der Waals surface area contributed by atoms with E-state index < -0.39 is 18.4 Å². The predicted molar refractivity (Wildman–Crippen MR) is 53.9 cm³/mol. The summed E-state index contributed by atoms with van der Waals surface area (Å²) in [4.78, 5) is 0. The van der Waals surface area contributed by atoms with Gasteiger partial charge < -0.3 is 5.32 Å². The molecule has 0 saturated carbocycles. The topological polar surface area (TPSA) is 12.0 Å². The molecular formula is C11H13F4N. The second-order valence-corrected chi connectivity index (χ2v) is 3.70. The number of hydrogen-bond donors (Lipinski definition) is 1. The molecule has 90 valence electrons. The van der Waals surface area contributed by atoms with Crippen molar-refractivity contribution in [3.8, 4) is 0 Å². The molecule has 0 radical (unpaired) electrons. The molecule has 0 saturated heterocycles. The third kappa shape index (κ3) is 2.35. The fourth-order valence-electron chi connectivity index (χ4n) is 1.43. The summed E-state index contributed by atoms with van der Waals surface area (Å²) in [5, 5.41) is 2.23. The van der Waals surface area contributed by atoms with E-state index in [0.717, 1.165) is 5.56 Å². The lowest BCUT2D eigenvalue weighted by molar-refractivity contribution is -0.233. The average molecular weight is 235 g/mol. The molecule has 0 aliphatic carbocycles. The lowest BCUT2D eigenvalue weighted by Gasteiger charge is -2.28. The van der Waals surface area contributed by atoms with Crippen molar-refractivity contribution in [2.45, 2.75) is 18.8 Å². The Morgan fingerprint density at radius 2 is 1.56 bits per heavy atom. The Kier molecular flexibility index (Phi) is 3.57. The first kappa shape index (κ1) is 13.0. The van der Waals surface area contributed by atoms with Crippen LogP contribution < -0.4 is 5.32 Å². The molecule has 0 aromatic heterocycles. The summed E-state index contributed by atoms with van der Waals surface area (Å²) in [6.07, 6.45) is -4.93. The van der Waals surface area contributed by atoms with Gasteiger partial charge >= 0.3 is 6.18 Å². The van der Waals surface area contributed by atoms with Crippen LogP contribution in [0.1, 0.15) is 11.1 Å². The number of halogens is 4. The van der Waals surface area contributed by atoms with Crippen LogP contribution in [0.25, 0.3) is 0 Å². The number of nitrogens with one attached hydrogen (secondary N) is 1. The number of alkyl halides is 4. The Bertz CT molecular complexity index is 344. The monoisotopic (exact) mass is 235 g/mol. The van der Waals surface area contributed by atoms with Gasteiger partial charge in [-0.2, -0.15) is 13.2 Å². The fourth-order valence-corrected chi connectivity index (χ4v) is 1.43. The van der Waals surface area contributed by atoms with Crippen molar-refractivity contribution < 1.29 is 17.6 Å². The van der Waals surface area contributed by atoms with Gasteiger partial charge in [0.25, 0.3) is 0 Å². The quantitative estimate of drug-likeness (QED) is 0.794. The lowest BCUT2D eigenvalue weighted by Crippen LogP contribution is -2.45. The van der Waals surface area contributed by atoms with Crippen molar-refractivity contribution in [2.75, 3.05) is 13.6 Å². The van der Waals surface area contributed by atoms with E-state index in [1.54, 1.807) is 6.92 Å². The number of rotatable bonds is 3. The number of benzene rings is 1. The summed E-state index contributed by atoms with van der Waals surface area (Å²) in [6, 6.07) is 5.26. The molecule has 0 bridgehead atoms. The van der Waals surface area contributed by atoms with Gasteiger partial charge in [0.2, 0.25) is 5.67 Å². The van der Waals surface area contributed by atoms with Crippen LogP contribution in [0.4, 0.5) is 17.6 Å². The zero-order valence-electron chi connectivity index (χ0n) is 9.03. The molecule has 1 N–H and O–H groups in total. The van der Waals surface area contributed by atoms with Crippen molar-refractivity contribution in [1.82, 2.24) is 5.32 Å². The summed E-state index contributed by atoms with van der Waals surface area (Å²) < 4.78 is 52.0. The molecule has 1 aromatic rings. The molecule has 16 heavy (non-hydrogen) atoms. The Balaban J connectivity index is 3.16. The van der Waals surface area contributed by atoms with Crippen molar-refractivity contribution in [3.05, 3.63) is 35.4 Å². The van der Waals surface area contributed by atoms with Crippen molar-refractivity contribution in [1.29, 1.82) is 0 Å². The van der Waals surface area contributed by atoms with Gasteiger partial charge in [-0.25, -0.2) is 4.39 Å². The van der Waals surface area contributed by atoms with Gasteiger partial charge in [0.05, 0.1) is 0 Å². The molecule has 0 aliphatic rings. The van der Waals surface area contributed by atoms with Gasteiger partial charge in [-0.05, 0) is 19.5 Å². The number of aryl methyl sites for hydroxylation is 1. The highest BCUT2D eigenvalue weighted by Gasteiger charge is 2.56. The van der Waals surface area contributed by atoms with Crippen molar-refractivity contribution >= 4 is 0 Å². The zero-order valence-corrected chi connectivity index (χ0v) is 9.03. The molecule has 5 heteroatoms. The molecule has 0 heterocycles. The molecule has 0 spiro atoms.